The number of quaternary nitrogens is 2. The van der Waals surface area contributed by atoms with Gasteiger partial charge in [-0.2, -0.15) is 10.5 Å². The Morgan fingerprint density at radius 3 is 2.59 bits per heavy atom. The summed E-state index contributed by atoms with van der Waals surface area (Å²) in [7, 11) is 0. The third-order valence-corrected chi connectivity index (χ3v) is 5.35. The molecule has 7 unspecified atom stereocenters. The molecule has 0 aromatic carbocycles. The molecular weight excluding hydrogens is 224 g/mol. The highest BCUT2D eigenvalue weighted by molar-refractivity contribution is 5.36. The Bertz CT molecular complexity index is 428. The van der Waals surface area contributed by atoms with Crippen molar-refractivity contribution in [2.75, 3.05) is 6.54 Å². The van der Waals surface area contributed by atoms with E-state index in [1.165, 1.54) is 0 Å². The Balaban J connectivity index is 1.72. The molecule has 7 nitrogen and oxygen atoms in total. The Kier molecular flexibility index (Phi) is 1.64. The highest BCUT2D eigenvalue weighted by Crippen LogP contribution is 2.63. The normalized spacial score (nSPS) is 59.9. The fraction of sp³-hybridized carbons (Fsp3) is 0.800. The summed E-state index contributed by atoms with van der Waals surface area (Å²) < 4.78 is 0. The van der Waals surface area contributed by atoms with E-state index in [1.54, 1.807) is 0 Å². The molecule has 1 heterocycles. The van der Waals surface area contributed by atoms with E-state index in [0.717, 1.165) is 24.2 Å². The lowest BCUT2D eigenvalue weighted by Crippen LogP contribution is -3.19. The molecule has 2 bridgehead atoms. The minimum atomic E-state index is -0.575. The summed E-state index contributed by atoms with van der Waals surface area (Å²) in [6.45, 7) is 0.239. The zero-order chi connectivity index (χ0) is 11.9. The summed E-state index contributed by atoms with van der Waals surface area (Å²) >= 11 is 0. The van der Waals surface area contributed by atoms with E-state index in [0.29, 0.717) is 11.8 Å². The second-order valence-corrected chi connectivity index (χ2v) is 5.86. The monoisotopic (exact) mass is 240 g/mol. The first-order valence-electron chi connectivity index (χ1n) is 6.05. The summed E-state index contributed by atoms with van der Waals surface area (Å²) in [5.41, 5.74) is 12.8. The molecule has 0 radical (unpaired) electrons. The van der Waals surface area contributed by atoms with E-state index in [4.69, 9.17) is 16.4 Å². The molecule has 4 rings (SSSR count). The van der Waals surface area contributed by atoms with Gasteiger partial charge in [-0.05, 0) is 17.3 Å². The van der Waals surface area contributed by atoms with Crippen LogP contribution in [-0.4, -0.2) is 12.1 Å². The molecule has 1 saturated heterocycles. The minimum absolute atomic E-state index is 0.170. The third kappa shape index (κ3) is 0.926. The maximum absolute atomic E-state index is 11.9. The molecule has 1 aliphatic heterocycles. The first-order valence-corrected chi connectivity index (χ1v) is 6.05. The third-order valence-electron chi connectivity index (χ3n) is 5.35. The van der Waals surface area contributed by atoms with Gasteiger partial charge in [0.25, 0.3) is 0 Å². The van der Waals surface area contributed by atoms with Crippen molar-refractivity contribution in [2.45, 2.75) is 18.4 Å². The van der Waals surface area contributed by atoms with Crippen molar-refractivity contribution in [1.29, 1.82) is 0 Å². The maximum Gasteiger partial charge on any atom is 0.188 e. The molecule has 2 saturated carbocycles. The van der Waals surface area contributed by atoms with Crippen LogP contribution in [0.4, 0.5) is 0 Å². The first kappa shape index (κ1) is 10.1. The molecule has 0 aromatic heterocycles. The number of hydrogen-bond acceptors (Lipinski definition) is 5. The van der Waals surface area contributed by atoms with Crippen molar-refractivity contribution in [2.24, 2.45) is 35.1 Å². The van der Waals surface area contributed by atoms with Gasteiger partial charge in [-0.25, -0.2) is 0 Å². The molecule has 17 heavy (non-hydrogen) atoms. The zero-order valence-corrected chi connectivity index (χ0v) is 9.31. The van der Waals surface area contributed by atoms with Gasteiger partial charge in [0, 0.05) is 35.6 Å². The summed E-state index contributed by atoms with van der Waals surface area (Å²) in [6.07, 6.45) is 1.70. The number of hydrogen-bond donors (Lipinski definition) is 4. The van der Waals surface area contributed by atoms with Gasteiger partial charge in [0.2, 0.25) is 0 Å². The zero-order valence-electron chi connectivity index (χ0n) is 9.31. The molecular formula is C10H16N4O3. The van der Waals surface area contributed by atoms with E-state index in [1.807, 2.05) is 0 Å². The highest BCUT2D eigenvalue weighted by atomic mass is 17.1. The van der Waals surface area contributed by atoms with Crippen LogP contribution in [-0.2, 0) is 4.94 Å². The van der Waals surface area contributed by atoms with Gasteiger partial charge in [0.15, 0.2) is 12.1 Å². The number of allylic oxidation sites excluding steroid dienone is 2. The predicted molar refractivity (Wildman–Crippen MR) is 55.9 cm³/mol. The van der Waals surface area contributed by atoms with E-state index < -0.39 is 5.54 Å². The standard InChI is InChI=1S/C10H16N4O3/c11-8-6-4-1-5(7(6)9(8)12)10(2-4)3-13(15)17-14(10)16/h4-7,13-14H,1-3,11-12H2. The van der Waals surface area contributed by atoms with Gasteiger partial charge in [0.1, 0.15) is 0 Å². The summed E-state index contributed by atoms with van der Waals surface area (Å²) in [4.78, 5) is 4.76. The van der Waals surface area contributed by atoms with Gasteiger partial charge in [0.05, 0.1) is 0 Å². The van der Waals surface area contributed by atoms with Gasteiger partial charge in [-0.1, -0.05) is 0 Å². The van der Waals surface area contributed by atoms with Crippen LogP contribution in [0, 0.1) is 34.1 Å². The molecule has 6 N–H and O–H groups in total. The number of rotatable bonds is 0. The highest BCUT2D eigenvalue weighted by Gasteiger charge is 2.72. The smallest absolute Gasteiger partial charge is 0.188 e. The van der Waals surface area contributed by atoms with Crippen LogP contribution in [0.5, 0.6) is 0 Å². The van der Waals surface area contributed by atoms with E-state index in [9.17, 15) is 10.4 Å². The molecule has 1 spiro atoms. The molecule has 4 aliphatic rings. The van der Waals surface area contributed by atoms with E-state index in [2.05, 4.69) is 0 Å². The molecule has 0 amide bonds. The number of nitrogens with one attached hydrogen (secondary N) is 2. The Hall–Kier alpha value is -0.860. The second-order valence-electron chi connectivity index (χ2n) is 5.86. The molecule has 94 valence electrons. The Morgan fingerprint density at radius 2 is 1.94 bits per heavy atom. The van der Waals surface area contributed by atoms with Crippen LogP contribution in [0.2, 0.25) is 0 Å². The van der Waals surface area contributed by atoms with Crippen molar-refractivity contribution in [3.05, 3.63) is 21.8 Å². The van der Waals surface area contributed by atoms with Crippen LogP contribution in [0.3, 0.4) is 0 Å². The van der Waals surface area contributed by atoms with Gasteiger partial charge >= 0.3 is 0 Å². The van der Waals surface area contributed by atoms with Gasteiger partial charge in [-0.15, -0.1) is 0 Å². The quantitative estimate of drug-likeness (QED) is 0.332. The average Bonchev–Trinajstić information content (AvgIpc) is 2.88. The topological polar surface area (TPSA) is 116 Å². The fourth-order valence-corrected chi connectivity index (χ4v) is 4.72. The second kappa shape index (κ2) is 2.76. The minimum Gasteiger partial charge on any atom is -0.595 e. The van der Waals surface area contributed by atoms with Crippen molar-refractivity contribution >= 4 is 0 Å². The van der Waals surface area contributed by atoms with Crippen molar-refractivity contribution in [1.82, 2.24) is 0 Å². The summed E-state index contributed by atoms with van der Waals surface area (Å²) in [5.74, 6) is 1.15. The molecule has 7 heteroatoms. The van der Waals surface area contributed by atoms with Crippen molar-refractivity contribution in [3.8, 4) is 0 Å². The average molecular weight is 240 g/mol. The molecule has 3 fully saturated rings. The van der Waals surface area contributed by atoms with Crippen LogP contribution in [0.15, 0.2) is 11.4 Å². The summed E-state index contributed by atoms with van der Waals surface area (Å²) in [5, 5.41) is 22.6. The van der Waals surface area contributed by atoms with Crippen LogP contribution in [0.25, 0.3) is 0 Å². The van der Waals surface area contributed by atoms with E-state index in [-0.39, 0.29) is 28.8 Å². The molecule has 3 aliphatic carbocycles. The molecule has 0 aromatic rings. The Morgan fingerprint density at radius 1 is 1.24 bits per heavy atom. The van der Waals surface area contributed by atoms with Crippen molar-refractivity contribution in [3.63, 3.8) is 0 Å². The van der Waals surface area contributed by atoms with Crippen LogP contribution < -0.4 is 21.9 Å². The number of hydroxylamine groups is 4. The lowest BCUT2D eigenvalue weighted by Gasteiger charge is -2.47. The lowest BCUT2D eigenvalue weighted by molar-refractivity contribution is -1.28. The van der Waals surface area contributed by atoms with Crippen LogP contribution in [0.1, 0.15) is 12.8 Å². The summed E-state index contributed by atoms with van der Waals surface area (Å²) in [6, 6.07) is 0. The van der Waals surface area contributed by atoms with E-state index >= 15 is 0 Å². The fourth-order valence-electron chi connectivity index (χ4n) is 4.72. The first-order chi connectivity index (χ1) is 8.04. The molecule has 7 atom stereocenters. The van der Waals surface area contributed by atoms with Crippen LogP contribution >= 0.6 is 0 Å². The SMILES string of the molecule is NC1=C(N)C2C1C1CC2C2(C1)C[NH+]([O-])O[NH+]2[O-]. The number of nitrogens with two attached hydrogens (primary N) is 2. The van der Waals surface area contributed by atoms with Gasteiger partial charge < -0.3 is 21.9 Å². The number of fused-ring (bicyclic) bond motifs is 6. The predicted octanol–water partition coefficient (Wildman–Crippen LogP) is -3.23. The van der Waals surface area contributed by atoms with Crippen molar-refractivity contribution < 1.29 is 15.4 Å². The lowest BCUT2D eigenvalue weighted by atomic mass is 9.61. The maximum atomic E-state index is 11.9. The van der Waals surface area contributed by atoms with Gasteiger partial charge in [-0.3, -0.25) is 0 Å². The Labute approximate surface area is 98.0 Å². The largest absolute Gasteiger partial charge is 0.595 e.